The van der Waals surface area contributed by atoms with Crippen LogP contribution in [0.25, 0.3) is 0 Å². The minimum atomic E-state index is -3.58. The number of hydrogen-bond acceptors (Lipinski definition) is 6. The summed E-state index contributed by atoms with van der Waals surface area (Å²) in [5, 5.41) is 0. The van der Waals surface area contributed by atoms with Crippen molar-refractivity contribution in [3.8, 4) is 0 Å². The lowest BCUT2D eigenvalue weighted by Gasteiger charge is -2.20. The van der Waals surface area contributed by atoms with Crippen molar-refractivity contribution >= 4 is 15.8 Å². The van der Waals surface area contributed by atoms with Gasteiger partial charge in [-0.15, -0.1) is 0 Å². The Morgan fingerprint density at radius 2 is 2.22 bits per heavy atom. The van der Waals surface area contributed by atoms with E-state index in [2.05, 4.69) is 10.4 Å². The number of nitrogens with two attached hydrogens (primary N) is 1. The number of sulfonamides is 1. The monoisotopic (exact) mass is 272 g/mol. The summed E-state index contributed by atoms with van der Waals surface area (Å²) in [5.74, 6) is 5.44. The molecule has 1 aromatic rings. The Bertz CT molecular complexity index is 498. The summed E-state index contributed by atoms with van der Waals surface area (Å²) in [6.45, 7) is 1.79. The molecule has 0 spiro atoms. The van der Waals surface area contributed by atoms with Gasteiger partial charge in [0.05, 0.1) is 6.61 Å². The Hall–Kier alpha value is -1.22. The molecule has 0 unspecified atom stereocenters. The van der Waals surface area contributed by atoms with Crippen LogP contribution in [-0.2, 0) is 14.8 Å². The van der Waals surface area contributed by atoms with E-state index in [0.29, 0.717) is 32.7 Å². The number of hydrogen-bond donors (Lipinski definition) is 2. The van der Waals surface area contributed by atoms with Gasteiger partial charge in [0.2, 0.25) is 10.0 Å². The zero-order valence-electron chi connectivity index (χ0n) is 9.87. The average molecular weight is 272 g/mol. The summed E-state index contributed by atoms with van der Waals surface area (Å²) in [6, 6.07) is 3.06. The van der Waals surface area contributed by atoms with Gasteiger partial charge in [-0.05, 0) is 18.6 Å². The van der Waals surface area contributed by atoms with Crippen LogP contribution < -0.4 is 11.3 Å². The van der Waals surface area contributed by atoms with Crippen molar-refractivity contribution in [1.82, 2.24) is 9.29 Å². The second-order valence-electron chi connectivity index (χ2n) is 3.86. The molecule has 18 heavy (non-hydrogen) atoms. The molecule has 2 rings (SSSR count). The van der Waals surface area contributed by atoms with Gasteiger partial charge in [-0.3, -0.25) is 0 Å². The van der Waals surface area contributed by atoms with Crippen LogP contribution in [0.1, 0.15) is 6.42 Å². The summed E-state index contributed by atoms with van der Waals surface area (Å²) in [6.07, 6.45) is 2.17. The molecule has 1 aliphatic rings. The predicted molar refractivity (Wildman–Crippen MR) is 66.2 cm³/mol. The Balaban J connectivity index is 2.34. The lowest BCUT2D eigenvalue weighted by molar-refractivity contribution is 0.148. The molecule has 8 heteroatoms. The molecule has 0 bridgehead atoms. The van der Waals surface area contributed by atoms with E-state index in [1.165, 1.54) is 16.6 Å². The molecule has 0 atom stereocenters. The van der Waals surface area contributed by atoms with Crippen LogP contribution in [0.4, 0.5) is 5.82 Å². The molecule has 0 saturated carbocycles. The van der Waals surface area contributed by atoms with Crippen LogP contribution in [-0.4, -0.2) is 44.0 Å². The van der Waals surface area contributed by atoms with Gasteiger partial charge in [0.25, 0.3) is 0 Å². The number of hydrazine groups is 1. The van der Waals surface area contributed by atoms with Crippen molar-refractivity contribution in [3.63, 3.8) is 0 Å². The first kappa shape index (κ1) is 13.2. The average Bonchev–Trinajstić information content (AvgIpc) is 2.68. The minimum absolute atomic E-state index is 0.0920. The lowest BCUT2D eigenvalue weighted by Crippen LogP contribution is -2.34. The van der Waals surface area contributed by atoms with Crippen LogP contribution in [0, 0.1) is 0 Å². The summed E-state index contributed by atoms with van der Waals surface area (Å²) in [5.41, 5.74) is 2.31. The van der Waals surface area contributed by atoms with Crippen LogP contribution in [0.15, 0.2) is 23.2 Å². The fraction of sp³-hybridized carbons (Fsp3) is 0.500. The van der Waals surface area contributed by atoms with Crippen molar-refractivity contribution in [2.24, 2.45) is 5.84 Å². The molecular formula is C10H16N4O3S. The molecule has 1 saturated heterocycles. The summed E-state index contributed by atoms with van der Waals surface area (Å²) < 4.78 is 31.6. The Morgan fingerprint density at radius 1 is 1.39 bits per heavy atom. The zero-order valence-corrected chi connectivity index (χ0v) is 10.7. The number of ether oxygens (including phenoxy) is 1. The maximum absolute atomic E-state index is 12.5. The van der Waals surface area contributed by atoms with Gasteiger partial charge in [-0.1, -0.05) is 0 Å². The first-order valence-corrected chi connectivity index (χ1v) is 7.10. The third kappa shape index (κ3) is 2.61. The fourth-order valence-electron chi connectivity index (χ4n) is 1.81. The topological polar surface area (TPSA) is 97.5 Å². The third-order valence-electron chi connectivity index (χ3n) is 2.71. The summed E-state index contributed by atoms with van der Waals surface area (Å²) in [4.78, 5) is 4.00. The van der Waals surface area contributed by atoms with E-state index in [9.17, 15) is 8.42 Å². The van der Waals surface area contributed by atoms with Crippen molar-refractivity contribution in [2.75, 3.05) is 31.7 Å². The highest BCUT2D eigenvalue weighted by atomic mass is 32.2. The molecule has 1 aliphatic heterocycles. The molecule has 2 heterocycles. The highest BCUT2D eigenvalue weighted by Gasteiger charge is 2.28. The number of nitrogens with zero attached hydrogens (tertiary/aromatic N) is 2. The second-order valence-corrected chi connectivity index (χ2v) is 5.77. The van der Waals surface area contributed by atoms with E-state index in [1.54, 1.807) is 6.07 Å². The van der Waals surface area contributed by atoms with Crippen molar-refractivity contribution in [1.29, 1.82) is 0 Å². The molecule has 1 aromatic heterocycles. The number of nitrogens with one attached hydrogen (secondary N) is 1. The quantitative estimate of drug-likeness (QED) is 0.583. The first-order chi connectivity index (χ1) is 8.66. The van der Waals surface area contributed by atoms with E-state index in [4.69, 9.17) is 10.6 Å². The van der Waals surface area contributed by atoms with Gasteiger partial charge in [0, 0.05) is 25.9 Å². The van der Waals surface area contributed by atoms with E-state index >= 15 is 0 Å². The summed E-state index contributed by atoms with van der Waals surface area (Å²) in [7, 11) is -3.58. The molecule has 0 radical (unpaired) electrons. The number of nitrogen functional groups attached to an aromatic ring is 1. The van der Waals surface area contributed by atoms with Gasteiger partial charge >= 0.3 is 0 Å². The SMILES string of the molecule is NNc1ncccc1S(=O)(=O)N1CCCOCC1. The van der Waals surface area contributed by atoms with Crippen molar-refractivity contribution < 1.29 is 13.2 Å². The molecule has 0 aromatic carbocycles. The van der Waals surface area contributed by atoms with Crippen molar-refractivity contribution in [3.05, 3.63) is 18.3 Å². The standard InChI is InChI=1S/C10H16N4O3S/c11-13-10-9(3-1-4-12-10)18(15,16)14-5-2-7-17-8-6-14/h1,3-4H,2,5-8,11H2,(H,12,13). The zero-order chi connectivity index (χ0) is 13.0. The maximum atomic E-state index is 12.5. The van der Waals surface area contributed by atoms with E-state index < -0.39 is 10.0 Å². The van der Waals surface area contributed by atoms with E-state index in [-0.39, 0.29) is 10.7 Å². The lowest BCUT2D eigenvalue weighted by atomic mass is 10.5. The van der Waals surface area contributed by atoms with Crippen LogP contribution in [0.2, 0.25) is 0 Å². The number of aromatic nitrogens is 1. The van der Waals surface area contributed by atoms with Gasteiger partial charge in [0.1, 0.15) is 4.90 Å². The highest BCUT2D eigenvalue weighted by molar-refractivity contribution is 7.89. The Labute approximate surface area is 106 Å². The smallest absolute Gasteiger partial charge is 0.246 e. The molecule has 1 fully saturated rings. The van der Waals surface area contributed by atoms with E-state index in [1.807, 2.05) is 0 Å². The maximum Gasteiger partial charge on any atom is 0.246 e. The predicted octanol–water partition coefficient (Wildman–Crippen LogP) is -0.222. The molecule has 0 aliphatic carbocycles. The number of rotatable bonds is 3. The largest absolute Gasteiger partial charge is 0.380 e. The number of anilines is 1. The molecule has 7 nitrogen and oxygen atoms in total. The van der Waals surface area contributed by atoms with Gasteiger partial charge in [-0.2, -0.15) is 4.31 Å². The fourth-order valence-corrected chi connectivity index (χ4v) is 3.38. The van der Waals surface area contributed by atoms with Gasteiger partial charge in [-0.25, -0.2) is 19.2 Å². The molecule has 0 amide bonds. The Morgan fingerprint density at radius 3 is 3.00 bits per heavy atom. The molecule has 100 valence electrons. The summed E-state index contributed by atoms with van der Waals surface area (Å²) >= 11 is 0. The molecular weight excluding hydrogens is 256 g/mol. The first-order valence-electron chi connectivity index (χ1n) is 5.66. The van der Waals surface area contributed by atoms with E-state index in [0.717, 1.165) is 0 Å². The van der Waals surface area contributed by atoms with Crippen LogP contribution >= 0.6 is 0 Å². The third-order valence-corrected chi connectivity index (χ3v) is 4.64. The van der Waals surface area contributed by atoms with Gasteiger partial charge in [0.15, 0.2) is 5.82 Å². The van der Waals surface area contributed by atoms with Crippen molar-refractivity contribution in [2.45, 2.75) is 11.3 Å². The van der Waals surface area contributed by atoms with Gasteiger partial charge < -0.3 is 10.2 Å². The normalized spacial score (nSPS) is 18.3. The molecule has 3 N–H and O–H groups in total. The highest BCUT2D eigenvalue weighted by Crippen LogP contribution is 2.22. The minimum Gasteiger partial charge on any atom is -0.380 e. The second kappa shape index (κ2) is 5.61. The van der Waals surface area contributed by atoms with Crippen LogP contribution in [0.5, 0.6) is 0 Å². The Kier molecular flexibility index (Phi) is 4.12. The van der Waals surface area contributed by atoms with Crippen LogP contribution in [0.3, 0.4) is 0 Å². The number of pyridine rings is 1.